The van der Waals surface area contributed by atoms with Gasteiger partial charge in [0.15, 0.2) is 10.8 Å². The highest BCUT2D eigenvalue weighted by molar-refractivity contribution is 7.22. The molecule has 1 unspecified atom stereocenters. The number of hydrogen-bond acceptors (Lipinski definition) is 6. The Labute approximate surface area is 126 Å². The lowest BCUT2D eigenvalue weighted by atomic mass is 10.4. The molecular weight excluding hydrogens is 286 g/mol. The second kappa shape index (κ2) is 5.69. The standard InChI is InChI=1S/C14H17N5OS/c1-9(20-11-5-4-6-15-8-11)7-16-14-17-13-12(21-14)10(2)18-19(13)3/h4-6,8-9H,7H2,1-3H3,(H,16,17). The van der Waals surface area contributed by atoms with Gasteiger partial charge in [0.2, 0.25) is 0 Å². The molecule has 0 aromatic carbocycles. The van der Waals surface area contributed by atoms with Gasteiger partial charge in [-0.05, 0) is 26.0 Å². The van der Waals surface area contributed by atoms with Crippen molar-refractivity contribution in [3.63, 3.8) is 0 Å². The number of aromatic nitrogens is 4. The lowest BCUT2D eigenvalue weighted by molar-refractivity contribution is 0.234. The highest BCUT2D eigenvalue weighted by Gasteiger charge is 2.12. The predicted molar refractivity (Wildman–Crippen MR) is 83.9 cm³/mol. The lowest BCUT2D eigenvalue weighted by Crippen LogP contribution is -2.22. The minimum atomic E-state index is 0.0282. The van der Waals surface area contributed by atoms with E-state index in [1.807, 2.05) is 37.7 Å². The second-order valence-electron chi connectivity index (χ2n) is 4.88. The molecule has 3 rings (SSSR count). The summed E-state index contributed by atoms with van der Waals surface area (Å²) >= 11 is 1.62. The van der Waals surface area contributed by atoms with E-state index in [0.717, 1.165) is 26.9 Å². The fraction of sp³-hybridized carbons (Fsp3) is 0.357. The van der Waals surface area contributed by atoms with Crippen LogP contribution < -0.4 is 10.1 Å². The molecule has 6 nitrogen and oxygen atoms in total. The minimum Gasteiger partial charge on any atom is -0.487 e. The average Bonchev–Trinajstić information content (AvgIpc) is 3.00. The largest absolute Gasteiger partial charge is 0.487 e. The van der Waals surface area contributed by atoms with Gasteiger partial charge >= 0.3 is 0 Å². The summed E-state index contributed by atoms with van der Waals surface area (Å²) < 4.78 is 8.71. The van der Waals surface area contributed by atoms with Crippen LogP contribution in [0.2, 0.25) is 0 Å². The first kappa shape index (κ1) is 13.8. The molecule has 0 spiro atoms. The maximum absolute atomic E-state index is 5.77. The highest BCUT2D eigenvalue weighted by atomic mass is 32.1. The molecule has 0 saturated heterocycles. The van der Waals surface area contributed by atoms with E-state index in [9.17, 15) is 0 Å². The first-order valence-corrected chi connectivity index (χ1v) is 7.56. The summed E-state index contributed by atoms with van der Waals surface area (Å²) in [5, 5.41) is 8.55. The van der Waals surface area contributed by atoms with Crippen LogP contribution in [0.5, 0.6) is 5.75 Å². The maximum Gasteiger partial charge on any atom is 0.185 e. The van der Waals surface area contributed by atoms with Gasteiger partial charge in [-0.2, -0.15) is 5.10 Å². The number of anilines is 1. The fourth-order valence-corrected chi connectivity index (χ4v) is 3.02. The van der Waals surface area contributed by atoms with Crippen molar-refractivity contribution < 1.29 is 4.74 Å². The van der Waals surface area contributed by atoms with Crippen LogP contribution in [0, 0.1) is 6.92 Å². The van der Waals surface area contributed by atoms with Crippen molar-refractivity contribution in [3.8, 4) is 5.75 Å². The summed E-state index contributed by atoms with van der Waals surface area (Å²) in [6.07, 6.45) is 3.47. The zero-order valence-electron chi connectivity index (χ0n) is 12.2. The van der Waals surface area contributed by atoms with E-state index in [1.54, 1.807) is 23.7 Å². The average molecular weight is 303 g/mol. The predicted octanol–water partition coefficient (Wildman–Crippen LogP) is 2.61. The topological polar surface area (TPSA) is 64.9 Å². The van der Waals surface area contributed by atoms with Crippen molar-refractivity contribution in [2.45, 2.75) is 20.0 Å². The molecule has 21 heavy (non-hydrogen) atoms. The molecule has 0 aliphatic rings. The Morgan fingerprint density at radius 2 is 2.33 bits per heavy atom. The second-order valence-corrected chi connectivity index (χ2v) is 5.88. The van der Waals surface area contributed by atoms with Crippen LogP contribution in [0.15, 0.2) is 24.5 Å². The van der Waals surface area contributed by atoms with Crippen LogP contribution in [0.1, 0.15) is 12.6 Å². The van der Waals surface area contributed by atoms with Crippen LogP contribution in [-0.4, -0.2) is 32.4 Å². The minimum absolute atomic E-state index is 0.0282. The molecule has 0 fully saturated rings. The normalized spacial score (nSPS) is 12.5. The molecule has 0 saturated carbocycles. The maximum atomic E-state index is 5.77. The SMILES string of the molecule is Cc1nn(C)c2nc(NCC(C)Oc3cccnc3)sc12. The molecule has 3 heterocycles. The van der Waals surface area contributed by atoms with Crippen molar-refractivity contribution in [2.75, 3.05) is 11.9 Å². The van der Waals surface area contributed by atoms with Gasteiger partial charge in [-0.25, -0.2) is 9.67 Å². The summed E-state index contributed by atoms with van der Waals surface area (Å²) in [4.78, 5) is 8.58. The lowest BCUT2D eigenvalue weighted by Gasteiger charge is -2.14. The molecule has 7 heteroatoms. The van der Waals surface area contributed by atoms with Crippen LogP contribution in [0.25, 0.3) is 10.3 Å². The van der Waals surface area contributed by atoms with Gasteiger partial charge in [0.05, 0.1) is 23.1 Å². The molecule has 1 N–H and O–H groups in total. The molecule has 0 amide bonds. The third kappa shape index (κ3) is 2.97. The number of rotatable bonds is 5. The van der Waals surface area contributed by atoms with E-state index in [1.165, 1.54) is 0 Å². The van der Waals surface area contributed by atoms with Crippen molar-refractivity contribution in [1.29, 1.82) is 0 Å². The zero-order valence-corrected chi connectivity index (χ0v) is 13.0. The highest BCUT2D eigenvalue weighted by Crippen LogP contribution is 2.28. The van der Waals surface area contributed by atoms with E-state index in [0.29, 0.717) is 6.54 Å². The van der Waals surface area contributed by atoms with Crippen LogP contribution >= 0.6 is 11.3 Å². The van der Waals surface area contributed by atoms with Crippen LogP contribution in [0.3, 0.4) is 0 Å². The Balaban J connectivity index is 1.62. The third-order valence-electron chi connectivity index (χ3n) is 3.06. The van der Waals surface area contributed by atoms with Gasteiger partial charge in [-0.1, -0.05) is 11.3 Å². The molecule has 0 bridgehead atoms. The Hall–Kier alpha value is -2.15. The number of thiazole rings is 1. The van der Waals surface area contributed by atoms with Gasteiger partial charge in [-0.15, -0.1) is 0 Å². The molecular formula is C14H17N5OS. The first-order chi connectivity index (χ1) is 10.1. The van der Waals surface area contributed by atoms with Crippen molar-refractivity contribution >= 4 is 26.8 Å². The van der Waals surface area contributed by atoms with E-state index < -0.39 is 0 Å². The van der Waals surface area contributed by atoms with Gasteiger partial charge in [0.25, 0.3) is 0 Å². The Morgan fingerprint density at radius 1 is 1.48 bits per heavy atom. The van der Waals surface area contributed by atoms with Crippen LogP contribution in [-0.2, 0) is 7.05 Å². The smallest absolute Gasteiger partial charge is 0.185 e. The van der Waals surface area contributed by atoms with E-state index in [-0.39, 0.29) is 6.10 Å². The summed E-state index contributed by atoms with van der Waals surface area (Å²) in [6, 6.07) is 3.76. The van der Waals surface area contributed by atoms with Gasteiger partial charge < -0.3 is 10.1 Å². The fourth-order valence-electron chi connectivity index (χ4n) is 2.08. The Morgan fingerprint density at radius 3 is 3.05 bits per heavy atom. The van der Waals surface area contributed by atoms with Gasteiger partial charge in [0, 0.05) is 13.2 Å². The Kier molecular flexibility index (Phi) is 3.74. The van der Waals surface area contributed by atoms with Crippen molar-refractivity contribution in [2.24, 2.45) is 7.05 Å². The summed E-state index contributed by atoms with van der Waals surface area (Å²) in [7, 11) is 1.91. The number of nitrogens with zero attached hydrogens (tertiary/aromatic N) is 4. The number of nitrogens with one attached hydrogen (secondary N) is 1. The summed E-state index contributed by atoms with van der Waals surface area (Å²) in [5.74, 6) is 0.774. The molecule has 110 valence electrons. The summed E-state index contributed by atoms with van der Waals surface area (Å²) in [6.45, 7) is 4.69. The van der Waals surface area contributed by atoms with E-state index >= 15 is 0 Å². The van der Waals surface area contributed by atoms with E-state index in [2.05, 4.69) is 20.4 Å². The number of fused-ring (bicyclic) bond motifs is 1. The van der Waals surface area contributed by atoms with Gasteiger partial charge in [0.1, 0.15) is 11.9 Å². The van der Waals surface area contributed by atoms with Crippen molar-refractivity contribution in [1.82, 2.24) is 19.7 Å². The number of pyridine rings is 1. The molecule has 0 aliphatic heterocycles. The zero-order chi connectivity index (χ0) is 14.8. The number of aryl methyl sites for hydroxylation is 2. The van der Waals surface area contributed by atoms with Crippen molar-refractivity contribution in [3.05, 3.63) is 30.2 Å². The number of ether oxygens (including phenoxy) is 1. The molecule has 3 aromatic heterocycles. The third-order valence-corrected chi connectivity index (χ3v) is 4.17. The molecule has 0 aliphatic carbocycles. The molecule has 0 radical (unpaired) electrons. The summed E-state index contributed by atoms with van der Waals surface area (Å²) in [5.41, 5.74) is 1.93. The quantitative estimate of drug-likeness (QED) is 0.785. The van der Waals surface area contributed by atoms with Crippen LogP contribution in [0.4, 0.5) is 5.13 Å². The monoisotopic (exact) mass is 303 g/mol. The van der Waals surface area contributed by atoms with Gasteiger partial charge in [-0.3, -0.25) is 4.98 Å². The van der Waals surface area contributed by atoms with E-state index in [4.69, 9.17) is 4.74 Å². The Bertz CT molecular complexity index is 702. The molecule has 1 atom stereocenters. The first-order valence-electron chi connectivity index (χ1n) is 6.74. The molecule has 3 aromatic rings. The number of hydrogen-bond donors (Lipinski definition) is 1.